The molecule has 0 aliphatic carbocycles. The molecule has 0 saturated carbocycles. The summed E-state index contributed by atoms with van der Waals surface area (Å²) < 4.78 is 1.61. The molecule has 1 aromatic carbocycles. The average molecular weight is 271 g/mol. The molecule has 0 unspecified atom stereocenters. The molecule has 0 saturated heterocycles. The lowest BCUT2D eigenvalue weighted by Gasteiger charge is -2.07. The minimum atomic E-state index is -0.435. The number of nitro benzene ring substituents is 1. The van der Waals surface area contributed by atoms with Gasteiger partial charge in [0.1, 0.15) is 17.5 Å². The van der Waals surface area contributed by atoms with Crippen molar-refractivity contribution in [2.45, 2.75) is 13.5 Å². The maximum Gasteiger partial charge on any atom is 0.269 e. The van der Waals surface area contributed by atoms with Crippen LogP contribution >= 0.6 is 0 Å². The van der Waals surface area contributed by atoms with Crippen LogP contribution in [0.15, 0.2) is 24.3 Å². The van der Waals surface area contributed by atoms with E-state index in [0.717, 1.165) is 5.56 Å². The Morgan fingerprint density at radius 3 is 2.65 bits per heavy atom. The summed E-state index contributed by atoms with van der Waals surface area (Å²) in [7, 11) is 1.76. The van der Waals surface area contributed by atoms with Gasteiger partial charge in [0, 0.05) is 25.7 Å². The van der Waals surface area contributed by atoms with Gasteiger partial charge in [-0.1, -0.05) is 12.1 Å². The van der Waals surface area contributed by atoms with Gasteiger partial charge in [-0.25, -0.2) is 0 Å². The maximum atomic E-state index is 10.6. The van der Waals surface area contributed by atoms with Gasteiger partial charge in [0.15, 0.2) is 0 Å². The summed E-state index contributed by atoms with van der Waals surface area (Å²) in [4.78, 5) is 10.1. The van der Waals surface area contributed by atoms with Gasteiger partial charge in [0.05, 0.1) is 10.6 Å². The summed E-state index contributed by atoms with van der Waals surface area (Å²) in [5.41, 5.74) is 2.12. The molecule has 2 aromatic rings. The van der Waals surface area contributed by atoms with E-state index in [1.54, 1.807) is 30.8 Å². The second kappa shape index (κ2) is 5.40. The number of nitrogens with one attached hydrogen (secondary N) is 1. The van der Waals surface area contributed by atoms with Crippen molar-refractivity contribution in [1.29, 1.82) is 5.26 Å². The van der Waals surface area contributed by atoms with Gasteiger partial charge in [0.2, 0.25) is 0 Å². The summed E-state index contributed by atoms with van der Waals surface area (Å²) in [6.45, 7) is 2.24. The Kier molecular flexibility index (Phi) is 3.66. The fraction of sp³-hybridized carbons (Fsp3) is 0.231. The van der Waals surface area contributed by atoms with Crippen LogP contribution in [0.3, 0.4) is 0 Å². The average Bonchev–Trinajstić information content (AvgIpc) is 2.70. The van der Waals surface area contributed by atoms with Crippen LogP contribution in [0.1, 0.15) is 16.8 Å². The first-order valence-electron chi connectivity index (χ1n) is 5.94. The Morgan fingerprint density at radius 1 is 1.45 bits per heavy atom. The van der Waals surface area contributed by atoms with Crippen LogP contribution in [0.5, 0.6) is 0 Å². The van der Waals surface area contributed by atoms with Crippen LogP contribution in [-0.4, -0.2) is 14.7 Å². The molecule has 1 aromatic heterocycles. The van der Waals surface area contributed by atoms with Crippen molar-refractivity contribution in [3.05, 3.63) is 51.2 Å². The highest BCUT2D eigenvalue weighted by Gasteiger charge is 2.12. The molecule has 2 rings (SSSR count). The van der Waals surface area contributed by atoms with E-state index in [2.05, 4.69) is 16.5 Å². The third kappa shape index (κ3) is 2.59. The number of nitro groups is 1. The molecular formula is C13H13N5O2. The number of aryl methyl sites for hydroxylation is 2. The molecule has 7 nitrogen and oxygen atoms in total. The van der Waals surface area contributed by atoms with Crippen molar-refractivity contribution in [2.75, 3.05) is 5.32 Å². The highest BCUT2D eigenvalue weighted by Crippen LogP contribution is 2.19. The zero-order valence-corrected chi connectivity index (χ0v) is 11.1. The third-order valence-corrected chi connectivity index (χ3v) is 2.94. The zero-order valence-electron chi connectivity index (χ0n) is 11.1. The molecular weight excluding hydrogens is 258 g/mol. The normalized spacial score (nSPS) is 10.1. The topological polar surface area (TPSA) is 96.8 Å². The van der Waals surface area contributed by atoms with Crippen molar-refractivity contribution >= 4 is 11.5 Å². The molecule has 0 bridgehead atoms. The number of non-ortho nitro benzene ring substituents is 1. The quantitative estimate of drug-likeness (QED) is 0.678. The Labute approximate surface area is 115 Å². The molecule has 0 amide bonds. The third-order valence-electron chi connectivity index (χ3n) is 2.94. The largest absolute Gasteiger partial charge is 0.365 e. The van der Waals surface area contributed by atoms with E-state index in [-0.39, 0.29) is 5.69 Å². The van der Waals surface area contributed by atoms with E-state index in [9.17, 15) is 10.1 Å². The molecule has 1 N–H and O–H groups in total. The molecule has 7 heteroatoms. The fourth-order valence-corrected chi connectivity index (χ4v) is 1.92. The van der Waals surface area contributed by atoms with Gasteiger partial charge in [-0.3, -0.25) is 14.8 Å². The second-order valence-corrected chi connectivity index (χ2v) is 4.32. The molecule has 20 heavy (non-hydrogen) atoms. The monoisotopic (exact) mass is 271 g/mol. The first-order chi connectivity index (χ1) is 9.52. The van der Waals surface area contributed by atoms with Crippen molar-refractivity contribution < 1.29 is 4.92 Å². The van der Waals surface area contributed by atoms with Crippen LogP contribution in [0, 0.1) is 28.4 Å². The molecule has 1 heterocycles. The molecule has 0 atom stereocenters. The molecule has 0 spiro atoms. The lowest BCUT2D eigenvalue weighted by atomic mass is 10.2. The molecule has 0 aliphatic heterocycles. The Bertz CT molecular complexity index is 682. The smallest absolute Gasteiger partial charge is 0.269 e. The number of aromatic nitrogens is 2. The van der Waals surface area contributed by atoms with Gasteiger partial charge in [-0.2, -0.15) is 10.4 Å². The Hall–Kier alpha value is -2.88. The summed E-state index contributed by atoms with van der Waals surface area (Å²) in [6, 6.07) is 8.38. The maximum absolute atomic E-state index is 10.6. The van der Waals surface area contributed by atoms with Gasteiger partial charge in [-0.05, 0) is 12.5 Å². The lowest BCUT2D eigenvalue weighted by Crippen LogP contribution is -2.05. The van der Waals surface area contributed by atoms with Gasteiger partial charge in [-0.15, -0.1) is 0 Å². The van der Waals surface area contributed by atoms with E-state index in [4.69, 9.17) is 5.26 Å². The minimum Gasteiger partial charge on any atom is -0.365 e. The van der Waals surface area contributed by atoms with E-state index >= 15 is 0 Å². The molecule has 0 aliphatic rings. The van der Waals surface area contributed by atoms with E-state index < -0.39 is 4.92 Å². The van der Waals surface area contributed by atoms with Gasteiger partial charge >= 0.3 is 0 Å². The van der Waals surface area contributed by atoms with Crippen LogP contribution in [0.4, 0.5) is 11.5 Å². The number of benzene rings is 1. The number of hydrogen-bond acceptors (Lipinski definition) is 5. The predicted molar refractivity (Wildman–Crippen MR) is 73.1 cm³/mol. The zero-order chi connectivity index (χ0) is 14.7. The van der Waals surface area contributed by atoms with Crippen LogP contribution in [0.25, 0.3) is 0 Å². The summed E-state index contributed by atoms with van der Waals surface area (Å²) >= 11 is 0. The predicted octanol–water partition coefficient (Wildman–Crippen LogP) is 2.12. The highest BCUT2D eigenvalue weighted by molar-refractivity contribution is 5.55. The number of hydrogen-bond donors (Lipinski definition) is 1. The van der Waals surface area contributed by atoms with Crippen LogP contribution in [-0.2, 0) is 13.6 Å². The van der Waals surface area contributed by atoms with Crippen LogP contribution < -0.4 is 5.32 Å². The highest BCUT2D eigenvalue weighted by atomic mass is 16.6. The number of nitriles is 1. The van der Waals surface area contributed by atoms with E-state index in [0.29, 0.717) is 23.6 Å². The first kappa shape index (κ1) is 13.5. The summed E-state index contributed by atoms with van der Waals surface area (Å²) in [6.07, 6.45) is 0. The molecule has 102 valence electrons. The standard InChI is InChI=1S/C13H13N5O2/c1-9-12(7-14)13(17(2)16-9)15-8-10-3-5-11(6-4-10)18(19)20/h3-6,15H,8H2,1-2H3. The SMILES string of the molecule is Cc1nn(C)c(NCc2ccc([N+](=O)[O-])cc2)c1C#N. The van der Waals surface area contributed by atoms with Gasteiger partial charge < -0.3 is 5.32 Å². The minimum absolute atomic E-state index is 0.0582. The fourth-order valence-electron chi connectivity index (χ4n) is 1.92. The number of rotatable bonds is 4. The number of nitrogens with zero attached hydrogens (tertiary/aromatic N) is 4. The van der Waals surface area contributed by atoms with Crippen molar-refractivity contribution in [1.82, 2.24) is 9.78 Å². The van der Waals surface area contributed by atoms with Crippen molar-refractivity contribution in [3.8, 4) is 6.07 Å². The van der Waals surface area contributed by atoms with Gasteiger partial charge in [0.25, 0.3) is 5.69 Å². The van der Waals surface area contributed by atoms with Crippen molar-refractivity contribution in [2.24, 2.45) is 7.05 Å². The van der Waals surface area contributed by atoms with E-state index in [1.807, 2.05) is 0 Å². The molecule has 0 radical (unpaired) electrons. The Morgan fingerprint density at radius 2 is 2.10 bits per heavy atom. The summed E-state index contributed by atoms with van der Waals surface area (Å²) in [5.74, 6) is 0.642. The van der Waals surface area contributed by atoms with Crippen molar-refractivity contribution in [3.63, 3.8) is 0 Å². The summed E-state index contributed by atoms with van der Waals surface area (Å²) in [5, 5.41) is 27.0. The molecule has 0 fully saturated rings. The lowest BCUT2D eigenvalue weighted by molar-refractivity contribution is -0.384. The second-order valence-electron chi connectivity index (χ2n) is 4.32. The van der Waals surface area contributed by atoms with Crippen LogP contribution in [0.2, 0.25) is 0 Å². The van der Waals surface area contributed by atoms with E-state index in [1.165, 1.54) is 12.1 Å². The Balaban J connectivity index is 2.13. The number of anilines is 1. The first-order valence-corrected chi connectivity index (χ1v) is 5.94.